The van der Waals surface area contributed by atoms with E-state index >= 15 is 0 Å². The van der Waals surface area contributed by atoms with Crippen molar-refractivity contribution in [3.05, 3.63) is 12.4 Å². The Bertz CT molecular complexity index is 510. The fourth-order valence-corrected chi connectivity index (χ4v) is 3.60. The number of aromatic nitrogens is 2. The summed E-state index contributed by atoms with van der Waals surface area (Å²) in [5.74, 6) is 5.73. The van der Waals surface area contributed by atoms with Crippen molar-refractivity contribution in [1.29, 1.82) is 0 Å². The highest BCUT2D eigenvalue weighted by Gasteiger charge is 2.26. The topological polar surface area (TPSA) is 110 Å². The molecule has 0 spiro atoms. The number of nitrogens with one attached hydrogen (secondary N) is 2. The lowest BCUT2D eigenvalue weighted by atomic mass is 10.0. The molecule has 2 rings (SSSR count). The summed E-state index contributed by atoms with van der Waals surface area (Å²) in [6.45, 7) is 1.91. The molecule has 0 aromatic carbocycles. The Kier molecular flexibility index (Phi) is 4.33. The van der Waals surface area contributed by atoms with Crippen LogP contribution in [0.3, 0.4) is 0 Å². The van der Waals surface area contributed by atoms with E-state index in [9.17, 15) is 8.42 Å². The van der Waals surface area contributed by atoms with Gasteiger partial charge in [-0.2, -0.15) is 0 Å². The van der Waals surface area contributed by atoms with Gasteiger partial charge in [-0.25, -0.2) is 29.0 Å². The molecule has 0 saturated heterocycles. The summed E-state index contributed by atoms with van der Waals surface area (Å²) in [7, 11) is -3.57. The van der Waals surface area contributed by atoms with E-state index in [1.54, 1.807) is 0 Å². The van der Waals surface area contributed by atoms with E-state index < -0.39 is 10.0 Å². The molecule has 1 fully saturated rings. The zero-order valence-corrected chi connectivity index (χ0v) is 11.7. The molecule has 7 nitrogen and oxygen atoms in total. The highest BCUT2D eigenvalue weighted by Crippen LogP contribution is 2.28. The molecule has 19 heavy (non-hydrogen) atoms. The van der Waals surface area contributed by atoms with Gasteiger partial charge >= 0.3 is 0 Å². The van der Waals surface area contributed by atoms with E-state index in [1.807, 2.05) is 6.92 Å². The van der Waals surface area contributed by atoms with Crippen LogP contribution in [0.1, 0.15) is 32.6 Å². The summed E-state index contributed by atoms with van der Waals surface area (Å²) in [6, 6.07) is -0.0696. The lowest BCUT2D eigenvalue weighted by Crippen LogP contribution is -2.37. The number of sulfonamides is 1. The second-order valence-corrected chi connectivity index (χ2v) is 6.56. The highest BCUT2D eigenvalue weighted by atomic mass is 32.2. The third-order valence-electron chi connectivity index (χ3n) is 3.52. The molecule has 1 aromatic rings. The van der Waals surface area contributed by atoms with Crippen molar-refractivity contribution < 1.29 is 8.42 Å². The summed E-state index contributed by atoms with van der Waals surface area (Å²) in [5.41, 5.74) is 2.25. The summed E-state index contributed by atoms with van der Waals surface area (Å²) < 4.78 is 27.0. The zero-order chi connectivity index (χ0) is 13.9. The average molecular weight is 285 g/mol. The van der Waals surface area contributed by atoms with Crippen molar-refractivity contribution in [3.8, 4) is 0 Å². The van der Waals surface area contributed by atoms with Gasteiger partial charge in [0, 0.05) is 6.04 Å². The van der Waals surface area contributed by atoms with Gasteiger partial charge in [-0.1, -0.05) is 12.8 Å². The molecular formula is C11H19N5O2S. The van der Waals surface area contributed by atoms with Crippen LogP contribution in [0.5, 0.6) is 0 Å². The number of rotatable bonds is 5. The summed E-state index contributed by atoms with van der Waals surface area (Å²) in [5, 5.41) is 0. The van der Waals surface area contributed by atoms with Crippen LogP contribution in [0.4, 0.5) is 5.95 Å². The lowest BCUT2D eigenvalue weighted by Gasteiger charge is -2.20. The highest BCUT2D eigenvalue weighted by molar-refractivity contribution is 7.89. The second-order valence-electron chi connectivity index (χ2n) is 4.84. The first-order valence-electron chi connectivity index (χ1n) is 6.34. The second kappa shape index (κ2) is 5.81. The number of hydrogen-bond acceptors (Lipinski definition) is 6. The van der Waals surface area contributed by atoms with Crippen molar-refractivity contribution in [2.45, 2.75) is 43.5 Å². The van der Waals surface area contributed by atoms with E-state index in [4.69, 9.17) is 5.84 Å². The van der Waals surface area contributed by atoms with Crippen LogP contribution in [0.2, 0.25) is 0 Å². The third kappa shape index (κ3) is 3.40. The maximum Gasteiger partial charge on any atom is 0.243 e. The molecule has 0 radical (unpaired) electrons. The first-order valence-corrected chi connectivity index (χ1v) is 7.82. The van der Waals surface area contributed by atoms with Crippen LogP contribution in [-0.2, 0) is 10.0 Å². The quantitative estimate of drug-likeness (QED) is 0.540. The Balaban J connectivity index is 2.08. The molecule has 106 valence electrons. The van der Waals surface area contributed by atoms with Crippen molar-refractivity contribution in [2.24, 2.45) is 11.8 Å². The van der Waals surface area contributed by atoms with Crippen LogP contribution in [0.25, 0.3) is 0 Å². The maximum atomic E-state index is 12.2. The SMILES string of the molecule is CC(NS(=O)(=O)c1cnc(NN)nc1)C1CCCC1. The van der Waals surface area contributed by atoms with Gasteiger partial charge in [-0.15, -0.1) is 0 Å². The van der Waals surface area contributed by atoms with Crippen molar-refractivity contribution >= 4 is 16.0 Å². The van der Waals surface area contributed by atoms with Gasteiger partial charge in [0.1, 0.15) is 4.90 Å². The van der Waals surface area contributed by atoms with E-state index in [0.29, 0.717) is 5.92 Å². The molecule has 1 aromatic heterocycles. The Hall–Kier alpha value is -1.25. The Morgan fingerprint density at radius 1 is 1.32 bits per heavy atom. The Morgan fingerprint density at radius 3 is 2.42 bits per heavy atom. The molecule has 0 bridgehead atoms. The molecule has 4 N–H and O–H groups in total. The monoisotopic (exact) mass is 285 g/mol. The van der Waals surface area contributed by atoms with Crippen LogP contribution in [-0.4, -0.2) is 24.4 Å². The van der Waals surface area contributed by atoms with E-state index in [-0.39, 0.29) is 16.9 Å². The van der Waals surface area contributed by atoms with E-state index in [0.717, 1.165) is 12.8 Å². The molecular weight excluding hydrogens is 266 g/mol. The summed E-state index contributed by atoms with van der Waals surface area (Å²) in [6.07, 6.45) is 7.00. The molecule has 1 unspecified atom stereocenters. The largest absolute Gasteiger partial charge is 0.292 e. The molecule has 1 atom stereocenters. The predicted octanol–water partition coefficient (Wildman–Crippen LogP) is 0.619. The van der Waals surface area contributed by atoms with Crippen molar-refractivity contribution in [3.63, 3.8) is 0 Å². The van der Waals surface area contributed by atoms with Gasteiger partial charge in [0.25, 0.3) is 0 Å². The number of anilines is 1. The fourth-order valence-electron chi connectivity index (χ4n) is 2.40. The third-order valence-corrected chi connectivity index (χ3v) is 5.03. The minimum Gasteiger partial charge on any atom is -0.292 e. The molecule has 1 saturated carbocycles. The normalized spacial score (nSPS) is 18.4. The average Bonchev–Trinajstić information content (AvgIpc) is 2.92. The minimum absolute atomic E-state index is 0.0522. The van der Waals surface area contributed by atoms with Gasteiger partial charge < -0.3 is 0 Å². The molecule has 1 aliphatic rings. The number of nitrogen functional groups attached to an aromatic ring is 1. The summed E-state index contributed by atoms with van der Waals surface area (Å²) in [4.78, 5) is 7.66. The minimum atomic E-state index is -3.57. The lowest BCUT2D eigenvalue weighted by molar-refractivity contribution is 0.424. The standard InChI is InChI=1S/C11H19N5O2S/c1-8(9-4-2-3-5-9)16-19(17,18)10-6-13-11(15-12)14-7-10/h6-9,16H,2-5,12H2,1H3,(H,13,14,15). The van der Waals surface area contributed by atoms with Gasteiger partial charge in [0.05, 0.1) is 12.4 Å². The van der Waals surface area contributed by atoms with Crippen LogP contribution < -0.4 is 16.0 Å². The number of hydrazine groups is 1. The van der Waals surface area contributed by atoms with Crippen molar-refractivity contribution in [2.75, 3.05) is 5.43 Å². The fraction of sp³-hybridized carbons (Fsp3) is 0.636. The molecule has 0 aliphatic heterocycles. The molecule has 1 heterocycles. The first kappa shape index (κ1) is 14.2. The Labute approximate surface area is 113 Å². The number of nitrogens with zero attached hydrogens (tertiary/aromatic N) is 2. The van der Waals surface area contributed by atoms with Crippen LogP contribution >= 0.6 is 0 Å². The molecule has 8 heteroatoms. The van der Waals surface area contributed by atoms with E-state index in [1.165, 1.54) is 25.2 Å². The predicted molar refractivity (Wildman–Crippen MR) is 71.6 cm³/mol. The first-order chi connectivity index (χ1) is 9.03. The number of hydrogen-bond donors (Lipinski definition) is 3. The van der Waals surface area contributed by atoms with Gasteiger partial charge in [-0.3, -0.25) is 5.43 Å². The van der Waals surface area contributed by atoms with Crippen molar-refractivity contribution in [1.82, 2.24) is 14.7 Å². The molecule has 0 amide bonds. The Morgan fingerprint density at radius 2 is 1.89 bits per heavy atom. The van der Waals surface area contributed by atoms with Gasteiger partial charge in [-0.05, 0) is 25.7 Å². The smallest absolute Gasteiger partial charge is 0.243 e. The number of nitrogens with two attached hydrogens (primary N) is 1. The maximum absolute atomic E-state index is 12.2. The van der Waals surface area contributed by atoms with Crippen LogP contribution in [0.15, 0.2) is 17.3 Å². The van der Waals surface area contributed by atoms with E-state index in [2.05, 4.69) is 20.1 Å². The van der Waals surface area contributed by atoms with Gasteiger partial charge in [0.15, 0.2) is 0 Å². The molecule has 1 aliphatic carbocycles. The van der Waals surface area contributed by atoms with Gasteiger partial charge in [0.2, 0.25) is 16.0 Å². The van der Waals surface area contributed by atoms with Crippen LogP contribution in [0, 0.1) is 5.92 Å². The summed E-state index contributed by atoms with van der Waals surface area (Å²) >= 11 is 0. The zero-order valence-electron chi connectivity index (χ0n) is 10.8.